The fraction of sp³-hybridized carbons (Fsp3) is 0.583. The Morgan fingerprint density at radius 3 is 2.67 bits per heavy atom. The minimum atomic E-state index is 0.00129. The van der Waals surface area contributed by atoms with Crippen LogP contribution in [0.2, 0.25) is 0 Å². The topological polar surface area (TPSA) is 70.7 Å². The number of likely N-dealkylation sites (tertiary alicyclic amines) is 1. The Morgan fingerprint density at radius 1 is 1.23 bits per heavy atom. The molecule has 3 N–H and O–H groups in total. The molecule has 5 nitrogen and oxygen atoms in total. The molecule has 2 fully saturated rings. The first-order chi connectivity index (χ1) is 14.6. The summed E-state index contributed by atoms with van der Waals surface area (Å²) in [5.74, 6) is 0.00129. The summed E-state index contributed by atoms with van der Waals surface area (Å²) in [6, 6.07) is 8.64. The first-order valence-corrected chi connectivity index (χ1v) is 11.9. The first-order valence-electron chi connectivity index (χ1n) is 11.4. The Labute approximate surface area is 186 Å². The summed E-state index contributed by atoms with van der Waals surface area (Å²) >= 11 is 4.35. The second-order valence-electron chi connectivity index (χ2n) is 8.38. The Kier molecular flexibility index (Phi) is 8.82. The molecule has 1 heterocycles. The molecular weight excluding hydrogens is 392 g/mol. The van der Waals surface area contributed by atoms with Crippen LogP contribution in [-0.4, -0.2) is 48.7 Å². The molecule has 30 heavy (non-hydrogen) atoms. The maximum atomic E-state index is 13.0. The summed E-state index contributed by atoms with van der Waals surface area (Å²) in [6.07, 6.45) is 8.02. The molecule has 3 rings (SSSR count). The Hall–Kier alpha value is -1.79. The number of hydrogen-bond acceptors (Lipinski definition) is 5. The highest BCUT2D eigenvalue weighted by Gasteiger charge is 2.28. The predicted molar refractivity (Wildman–Crippen MR) is 127 cm³/mol. The standard InChI is InChI=1S/C24H36N4OS/c1-2-13-27-22-11-8-19(26-14-12-18-6-9-20(30)10-7-18)17-21(22)23(25)24(29)28-15-4-3-5-16-28/h6-7,9-10,19,26,30H,2-5,8,11-17,25H2,1H3/b23-21-,27-22?. The van der Waals surface area contributed by atoms with Crippen LogP contribution >= 0.6 is 12.6 Å². The van der Waals surface area contributed by atoms with Crippen molar-refractivity contribution in [3.05, 3.63) is 41.1 Å². The van der Waals surface area contributed by atoms with Crippen molar-refractivity contribution < 1.29 is 4.79 Å². The van der Waals surface area contributed by atoms with Crippen molar-refractivity contribution in [1.82, 2.24) is 10.2 Å². The van der Waals surface area contributed by atoms with Gasteiger partial charge in [0.15, 0.2) is 0 Å². The van der Waals surface area contributed by atoms with E-state index in [4.69, 9.17) is 10.7 Å². The fourth-order valence-corrected chi connectivity index (χ4v) is 4.42. The molecule has 0 spiro atoms. The van der Waals surface area contributed by atoms with Crippen molar-refractivity contribution in [1.29, 1.82) is 0 Å². The minimum Gasteiger partial charge on any atom is -0.394 e. The number of nitrogens with zero attached hydrogens (tertiary/aromatic N) is 2. The van der Waals surface area contributed by atoms with Crippen LogP contribution in [-0.2, 0) is 11.2 Å². The molecule has 1 aromatic carbocycles. The lowest BCUT2D eigenvalue weighted by molar-refractivity contribution is -0.128. The van der Waals surface area contributed by atoms with Gasteiger partial charge in [-0.2, -0.15) is 0 Å². The number of thiol groups is 1. The predicted octanol–water partition coefficient (Wildman–Crippen LogP) is 3.74. The van der Waals surface area contributed by atoms with Gasteiger partial charge in [-0.1, -0.05) is 19.1 Å². The molecule has 0 aromatic heterocycles. The van der Waals surface area contributed by atoms with Gasteiger partial charge in [0.1, 0.15) is 5.70 Å². The van der Waals surface area contributed by atoms with E-state index < -0.39 is 0 Å². The zero-order valence-electron chi connectivity index (χ0n) is 18.2. The molecule has 2 aliphatic rings. The van der Waals surface area contributed by atoms with E-state index >= 15 is 0 Å². The number of rotatable bonds is 7. The highest BCUT2D eigenvalue weighted by molar-refractivity contribution is 7.80. The lowest BCUT2D eigenvalue weighted by Crippen LogP contribution is -2.41. The molecule has 0 radical (unpaired) electrons. The van der Waals surface area contributed by atoms with Crippen molar-refractivity contribution in [3.63, 3.8) is 0 Å². The fourth-order valence-electron chi connectivity index (χ4n) is 4.27. The average molecular weight is 429 g/mol. The Bertz CT molecular complexity index is 766. The van der Waals surface area contributed by atoms with Crippen LogP contribution in [0, 0.1) is 0 Å². The number of benzene rings is 1. The van der Waals surface area contributed by atoms with Gasteiger partial charge in [-0.3, -0.25) is 9.79 Å². The zero-order valence-corrected chi connectivity index (χ0v) is 19.1. The van der Waals surface area contributed by atoms with Crippen molar-refractivity contribution in [2.45, 2.75) is 69.2 Å². The molecule has 1 saturated carbocycles. The van der Waals surface area contributed by atoms with Gasteiger partial charge in [0.05, 0.1) is 0 Å². The molecule has 1 aromatic rings. The average Bonchev–Trinajstić information content (AvgIpc) is 2.79. The van der Waals surface area contributed by atoms with Gasteiger partial charge in [-0.15, -0.1) is 12.6 Å². The molecule has 1 amide bonds. The summed E-state index contributed by atoms with van der Waals surface area (Å²) in [6.45, 7) is 5.47. The number of carbonyl (C=O) groups is 1. The molecule has 0 bridgehead atoms. The van der Waals surface area contributed by atoms with E-state index in [1.165, 1.54) is 12.0 Å². The molecule has 1 saturated heterocycles. The van der Waals surface area contributed by atoms with E-state index in [2.05, 4.69) is 37.0 Å². The maximum Gasteiger partial charge on any atom is 0.270 e. The third-order valence-electron chi connectivity index (χ3n) is 6.04. The van der Waals surface area contributed by atoms with Crippen molar-refractivity contribution in [2.75, 3.05) is 26.2 Å². The van der Waals surface area contributed by atoms with E-state index in [0.717, 1.165) is 87.3 Å². The van der Waals surface area contributed by atoms with Crippen LogP contribution in [0.15, 0.2) is 45.4 Å². The Morgan fingerprint density at radius 2 is 1.97 bits per heavy atom. The quantitative estimate of drug-likeness (QED) is 0.458. The molecule has 1 aliphatic heterocycles. The van der Waals surface area contributed by atoms with Gasteiger partial charge in [-0.25, -0.2) is 0 Å². The maximum absolute atomic E-state index is 13.0. The second-order valence-corrected chi connectivity index (χ2v) is 8.90. The summed E-state index contributed by atoms with van der Waals surface area (Å²) < 4.78 is 0. The monoisotopic (exact) mass is 428 g/mol. The Balaban J connectivity index is 1.65. The number of aliphatic imine (C=N–C) groups is 1. The number of nitrogens with two attached hydrogens (primary N) is 1. The molecule has 1 atom stereocenters. The van der Waals surface area contributed by atoms with Crippen LogP contribution in [0.3, 0.4) is 0 Å². The largest absolute Gasteiger partial charge is 0.394 e. The van der Waals surface area contributed by atoms with Gasteiger partial charge in [0.2, 0.25) is 0 Å². The normalized spacial score (nSPS) is 22.9. The SMILES string of the molecule is CCCN=C1CCC(NCCc2ccc(S)cc2)C/C1=C(/N)C(=O)N1CCCCC1. The van der Waals surface area contributed by atoms with Crippen LogP contribution in [0.1, 0.15) is 57.4 Å². The number of carbonyl (C=O) groups excluding carboxylic acids is 1. The summed E-state index contributed by atoms with van der Waals surface area (Å²) in [5.41, 5.74) is 10.2. The van der Waals surface area contributed by atoms with Gasteiger partial charge in [0.25, 0.3) is 5.91 Å². The minimum absolute atomic E-state index is 0.00129. The smallest absolute Gasteiger partial charge is 0.270 e. The van der Waals surface area contributed by atoms with Gasteiger partial charge < -0.3 is 16.0 Å². The highest BCUT2D eigenvalue weighted by Crippen LogP contribution is 2.25. The van der Waals surface area contributed by atoms with E-state index in [-0.39, 0.29) is 5.91 Å². The van der Waals surface area contributed by atoms with Crippen LogP contribution < -0.4 is 11.1 Å². The van der Waals surface area contributed by atoms with Crippen molar-refractivity contribution in [3.8, 4) is 0 Å². The lowest BCUT2D eigenvalue weighted by Gasteiger charge is -2.31. The van der Waals surface area contributed by atoms with Gasteiger partial charge in [-0.05, 0) is 75.6 Å². The van der Waals surface area contributed by atoms with Crippen molar-refractivity contribution >= 4 is 24.2 Å². The van der Waals surface area contributed by atoms with Gasteiger partial charge >= 0.3 is 0 Å². The van der Waals surface area contributed by atoms with Gasteiger partial charge in [0, 0.05) is 41.9 Å². The molecular formula is C24H36N4OS. The number of nitrogens with one attached hydrogen (secondary N) is 1. The van der Waals surface area contributed by atoms with E-state index in [0.29, 0.717) is 11.7 Å². The third kappa shape index (κ3) is 6.35. The molecule has 164 valence electrons. The summed E-state index contributed by atoms with van der Waals surface area (Å²) in [5, 5.41) is 3.68. The zero-order chi connectivity index (χ0) is 21.3. The van der Waals surface area contributed by atoms with E-state index in [9.17, 15) is 4.79 Å². The van der Waals surface area contributed by atoms with Crippen molar-refractivity contribution in [2.24, 2.45) is 10.7 Å². The molecule has 1 aliphatic carbocycles. The number of piperidine rings is 1. The lowest BCUT2D eigenvalue weighted by atomic mass is 9.87. The summed E-state index contributed by atoms with van der Waals surface area (Å²) in [7, 11) is 0. The second kappa shape index (κ2) is 11.6. The molecule has 1 unspecified atom stereocenters. The number of hydrogen-bond donors (Lipinski definition) is 3. The summed E-state index contributed by atoms with van der Waals surface area (Å²) in [4.78, 5) is 20.7. The third-order valence-corrected chi connectivity index (χ3v) is 6.33. The number of amides is 1. The van der Waals surface area contributed by atoms with Crippen LogP contribution in [0.5, 0.6) is 0 Å². The highest BCUT2D eigenvalue weighted by atomic mass is 32.1. The molecule has 6 heteroatoms. The first kappa shape index (κ1) is 22.9. The van der Waals surface area contributed by atoms with Crippen LogP contribution in [0.4, 0.5) is 0 Å². The van der Waals surface area contributed by atoms with E-state index in [1.807, 2.05) is 17.0 Å². The van der Waals surface area contributed by atoms with E-state index in [1.54, 1.807) is 0 Å². The van der Waals surface area contributed by atoms with Crippen LogP contribution in [0.25, 0.3) is 0 Å².